The smallest absolute Gasteiger partial charge is 0.0324 e. The molecular formula is C18H38. The zero-order valence-corrected chi connectivity index (χ0v) is 14.2. The summed E-state index contributed by atoms with van der Waals surface area (Å²) in [5.74, 6) is 2.64. The number of rotatable bonds is 10. The van der Waals surface area contributed by atoms with Gasteiger partial charge in [0, 0.05) is 0 Å². The average molecular weight is 255 g/mol. The van der Waals surface area contributed by atoms with Gasteiger partial charge in [-0.25, -0.2) is 0 Å². The van der Waals surface area contributed by atoms with Crippen LogP contribution in [0.4, 0.5) is 0 Å². The Bertz CT molecular complexity index is 194. The minimum Gasteiger partial charge on any atom is -0.0654 e. The summed E-state index contributed by atoms with van der Waals surface area (Å²) in [6.07, 6.45) is 9.76. The maximum absolute atomic E-state index is 2.52. The van der Waals surface area contributed by atoms with Gasteiger partial charge in [0.25, 0.3) is 0 Å². The lowest BCUT2D eigenvalue weighted by Gasteiger charge is -2.32. The van der Waals surface area contributed by atoms with E-state index in [1.165, 1.54) is 44.9 Å². The molecule has 0 saturated carbocycles. The molecule has 0 spiro atoms. The standard InChI is InChI=1S/C18H38/c1-8-12-18(7,14-15(3)4)13-10-11-17(6)16(5)9-2/h15-17H,8-14H2,1-7H3. The molecule has 0 heterocycles. The van der Waals surface area contributed by atoms with Crippen LogP contribution in [0.2, 0.25) is 0 Å². The molecule has 0 aliphatic rings. The Hall–Kier alpha value is 0. The second kappa shape index (κ2) is 8.99. The fourth-order valence-corrected chi connectivity index (χ4v) is 3.46. The first kappa shape index (κ1) is 18.0. The van der Waals surface area contributed by atoms with Gasteiger partial charge in [0.05, 0.1) is 0 Å². The van der Waals surface area contributed by atoms with Crippen LogP contribution in [-0.4, -0.2) is 0 Å². The van der Waals surface area contributed by atoms with Crippen molar-refractivity contribution in [2.75, 3.05) is 0 Å². The molecule has 0 heteroatoms. The summed E-state index contributed by atoms with van der Waals surface area (Å²) in [5, 5.41) is 0. The van der Waals surface area contributed by atoms with E-state index in [0.717, 1.165) is 17.8 Å². The van der Waals surface area contributed by atoms with E-state index in [9.17, 15) is 0 Å². The lowest BCUT2D eigenvalue weighted by Crippen LogP contribution is -2.19. The molecule has 0 bridgehead atoms. The summed E-state index contributed by atoms with van der Waals surface area (Å²) >= 11 is 0. The highest BCUT2D eigenvalue weighted by Crippen LogP contribution is 2.37. The SMILES string of the molecule is CCCC(C)(CCCC(C)C(C)CC)CC(C)C. The number of hydrogen-bond donors (Lipinski definition) is 0. The topological polar surface area (TPSA) is 0 Å². The van der Waals surface area contributed by atoms with Gasteiger partial charge >= 0.3 is 0 Å². The van der Waals surface area contributed by atoms with Crippen molar-refractivity contribution in [3.8, 4) is 0 Å². The fourth-order valence-electron chi connectivity index (χ4n) is 3.46. The zero-order chi connectivity index (χ0) is 14.2. The Morgan fingerprint density at radius 2 is 1.50 bits per heavy atom. The molecule has 18 heavy (non-hydrogen) atoms. The van der Waals surface area contributed by atoms with Crippen molar-refractivity contribution in [1.82, 2.24) is 0 Å². The summed E-state index contributed by atoms with van der Waals surface area (Å²) in [4.78, 5) is 0. The molecule has 0 saturated heterocycles. The highest BCUT2D eigenvalue weighted by molar-refractivity contribution is 4.76. The molecule has 110 valence electrons. The summed E-state index contributed by atoms with van der Waals surface area (Å²) in [6.45, 7) is 16.8. The Kier molecular flexibility index (Phi) is 8.99. The van der Waals surface area contributed by atoms with Crippen LogP contribution in [0.25, 0.3) is 0 Å². The van der Waals surface area contributed by atoms with Gasteiger partial charge in [0.2, 0.25) is 0 Å². The van der Waals surface area contributed by atoms with Crippen LogP contribution in [0, 0.1) is 23.2 Å². The fraction of sp³-hybridized carbons (Fsp3) is 1.00. The maximum Gasteiger partial charge on any atom is -0.0324 e. The maximum atomic E-state index is 2.52. The molecule has 3 unspecified atom stereocenters. The van der Waals surface area contributed by atoms with Crippen LogP contribution in [0.5, 0.6) is 0 Å². The van der Waals surface area contributed by atoms with Gasteiger partial charge in [-0.1, -0.05) is 74.1 Å². The van der Waals surface area contributed by atoms with E-state index < -0.39 is 0 Å². The molecule has 0 aromatic rings. The monoisotopic (exact) mass is 254 g/mol. The third kappa shape index (κ3) is 7.44. The van der Waals surface area contributed by atoms with E-state index in [0.29, 0.717) is 5.41 Å². The van der Waals surface area contributed by atoms with Gasteiger partial charge in [0.1, 0.15) is 0 Å². The first-order valence-corrected chi connectivity index (χ1v) is 8.34. The summed E-state index contributed by atoms with van der Waals surface area (Å²) in [6, 6.07) is 0. The summed E-state index contributed by atoms with van der Waals surface area (Å²) < 4.78 is 0. The average Bonchev–Trinajstić information content (AvgIpc) is 2.26. The second-order valence-corrected chi connectivity index (χ2v) is 7.41. The van der Waals surface area contributed by atoms with Crippen molar-refractivity contribution in [2.24, 2.45) is 23.2 Å². The minimum absolute atomic E-state index is 0.595. The van der Waals surface area contributed by atoms with Crippen molar-refractivity contribution < 1.29 is 0 Å². The molecular weight excluding hydrogens is 216 g/mol. The lowest BCUT2D eigenvalue weighted by atomic mass is 9.74. The first-order chi connectivity index (χ1) is 8.34. The predicted octanol–water partition coefficient (Wildman–Crippen LogP) is 6.69. The zero-order valence-electron chi connectivity index (χ0n) is 14.2. The van der Waals surface area contributed by atoms with Crippen molar-refractivity contribution in [3.63, 3.8) is 0 Å². The largest absolute Gasteiger partial charge is 0.0654 e. The summed E-state index contributed by atoms with van der Waals surface area (Å²) in [7, 11) is 0. The van der Waals surface area contributed by atoms with E-state index in [2.05, 4.69) is 48.5 Å². The molecule has 0 fully saturated rings. The molecule has 0 rings (SSSR count). The number of hydrogen-bond acceptors (Lipinski definition) is 0. The van der Waals surface area contributed by atoms with Gasteiger partial charge in [-0.05, 0) is 42.4 Å². The molecule has 0 aliphatic heterocycles. The van der Waals surface area contributed by atoms with Crippen LogP contribution in [-0.2, 0) is 0 Å². The van der Waals surface area contributed by atoms with E-state index in [1.807, 2.05) is 0 Å². The Balaban J connectivity index is 4.11. The normalized spacial score (nSPS) is 18.7. The van der Waals surface area contributed by atoms with Crippen LogP contribution >= 0.6 is 0 Å². The van der Waals surface area contributed by atoms with E-state index in [4.69, 9.17) is 0 Å². The third-order valence-electron chi connectivity index (χ3n) is 4.81. The van der Waals surface area contributed by atoms with E-state index in [1.54, 1.807) is 0 Å². The Morgan fingerprint density at radius 1 is 0.889 bits per heavy atom. The van der Waals surface area contributed by atoms with Crippen molar-refractivity contribution in [3.05, 3.63) is 0 Å². The van der Waals surface area contributed by atoms with E-state index in [-0.39, 0.29) is 0 Å². The van der Waals surface area contributed by atoms with Gasteiger partial charge < -0.3 is 0 Å². The molecule has 0 aromatic carbocycles. The summed E-state index contributed by atoms with van der Waals surface area (Å²) in [5.41, 5.74) is 0.595. The molecule has 0 N–H and O–H groups in total. The molecule has 3 atom stereocenters. The molecule has 0 aliphatic carbocycles. The first-order valence-electron chi connectivity index (χ1n) is 8.34. The van der Waals surface area contributed by atoms with Gasteiger partial charge in [-0.2, -0.15) is 0 Å². The van der Waals surface area contributed by atoms with Crippen LogP contribution < -0.4 is 0 Å². The highest BCUT2D eigenvalue weighted by Gasteiger charge is 2.24. The van der Waals surface area contributed by atoms with Crippen molar-refractivity contribution >= 4 is 0 Å². The lowest BCUT2D eigenvalue weighted by molar-refractivity contribution is 0.199. The van der Waals surface area contributed by atoms with Crippen molar-refractivity contribution in [2.45, 2.75) is 93.4 Å². The third-order valence-corrected chi connectivity index (χ3v) is 4.81. The second-order valence-electron chi connectivity index (χ2n) is 7.41. The molecule has 0 aromatic heterocycles. The molecule has 0 amide bonds. The van der Waals surface area contributed by atoms with E-state index >= 15 is 0 Å². The van der Waals surface area contributed by atoms with Crippen molar-refractivity contribution in [1.29, 1.82) is 0 Å². The predicted molar refractivity (Wildman–Crippen MR) is 84.9 cm³/mol. The Labute approximate surface area is 117 Å². The minimum atomic E-state index is 0.595. The van der Waals surface area contributed by atoms with Crippen LogP contribution in [0.15, 0.2) is 0 Å². The van der Waals surface area contributed by atoms with Crippen LogP contribution in [0.3, 0.4) is 0 Å². The van der Waals surface area contributed by atoms with Gasteiger partial charge in [-0.3, -0.25) is 0 Å². The van der Waals surface area contributed by atoms with Crippen LogP contribution in [0.1, 0.15) is 93.4 Å². The Morgan fingerprint density at radius 3 is 1.94 bits per heavy atom. The quantitative estimate of drug-likeness (QED) is 0.407. The molecule has 0 radical (unpaired) electrons. The highest BCUT2D eigenvalue weighted by atomic mass is 14.3. The molecule has 0 nitrogen and oxygen atoms in total. The van der Waals surface area contributed by atoms with Gasteiger partial charge in [-0.15, -0.1) is 0 Å². The van der Waals surface area contributed by atoms with Gasteiger partial charge in [0.15, 0.2) is 0 Å².